The Hall–Kier alpha value is -3.15. The molecule has 6 nitrogen and oxygen atoms in total. The summed E-state index contributed by atoms with van der Waals surface area (Å²) in [6, 6.07) is 14.9. The summed E-state index contributed by atoms with van der Waals surface area (Å²) in [5.74, 6) is 0.662. The number of hydrogen-bond acceptors (Lipinski definition) is 4. The average Bonchev–Trinajstić information content (AvgIpc) is 3.23. The normalized spacial score (nSPS) is 16.6. The Morgan fingerprint density at radius 1 is 1.10 bits per heavy atom. The number of rotatable bonds is 4. The second-order valence-electron chi connectivity index (χ2n) is 7.67. The van der Waals surface area contributed by atoms with Crippen molar-refractivity contribution in [3.63, 3.8) is 0 Å². The molecule has 3 aromatic rings. The zero-order valence-electron chi connectivity index (χ0n) is 17.0. The SMILES string of the molecule is COc1ccc(C2CCCN2C(=O)c2nn(C(C)C)c(=O)c3ccccc23)cc1. The summed E-state index contributed by atoms with van der Waals surface area (Å²) in [5.41, 5.74) is 1.26. The number of ether oxygens (including phenoxy) is 1. The van der Waals surface area contributed by atoms with Crippen LogP contribution in [0.5, 0.6) is 5.75 Å². The Balaban J connectivity index is 1.78. The lowest BCUT2D eigenvalue weighted by atomic mass is 10.0. The molecule has 0 bridgehead atoms. The quantitative estimate of drug-likeness (QED) is 0.675. The minimum absolute atomic E-state index is 0.00611. The molecule has 1 aromatic heterocycles. The third kappa shape index (κ3) is 3.39. The largest absolute Gasteiger partial charge is 0.497 e. The summed E-state index contributed by atoms with van der Waals surface area (Å²) >= 11 is 0. The number of methoxy groups -OCH3 is 1. The van der Waals surface area contributed by atoms with Gasteiger partial charge in [-0.3, -0.25) is 9.59 Å². The van der Waals surface area contributed by atoms with Gasteiger partial charge in [-0.15, -0.1) is 0 Å². The maximum Gasteiger partial charge on any atom is 0.275 e. The van der Waals surface area contributed by atoms with Crippen molar-refractivity contribution >= 4 is 16.7 Å². The molecule has 0 spiro atoms. The molecule has 1 amide bonds. The number of likely N-dealkylation sites (tertiary alicyclic amines) is 1. The van der Waals surface area contributed by atoms with Gasteiger partial charge in [-0.25, -0.2) is 4.68 Å². The molecule has 4 rings (SSSR count). The molecule has 0 aliphatic carbocycles. The van der Waals surface area contributed by atoms with Crippen molar-refractivity contribution in [3.05, 3.63) is 70.1 Å². The Bertz CT molecular complexity index is 1100. The maximum atomic E-state index is 13.6. The number of benzene rings is 2. The lowest BCUT2D eigenvalue weighted by Crippen LogP contribution is -2.34. The van der Waals surface area contributed by atoms with Crippen molar-refractivity contribution in [3.8, 4) is 5.75 Å². The molecule has 150 valence electrons. The van der Waals surface area contributed by atoms with Crippen LogP contribution < -0.4 is 10.3 Å². The van der Waals surface area contributed by atoms with Crippen molar-refractivity contribution in [2.75, 3.05) is 13.7 Å². The molecule has 0 N–H and O–H groups in total. The Labute approximate surface area is 169 Å². The average molecular weight is 391 g/mol. The minimum Gasteiger partial charge on any atom is -0.497 e. The van der Waals surface area contributed by atoms with Crippen molar-refractivity contribution in [2.45, 2.75) is 38.8 Å². The number of nitrogens with zero attached hydrogens (tertiary/aromatic N) is 3. The van der Waals surface area contributed by atoms with Crippen molar-refractivity contribution in [1.82, 2.24) is 14.7 Å². The zero-order chi connectivity index (χ0) is 20.5. The molecule has 1 aliphatic rings. The first-order chi connectivity index (χ1) is 14.0. The van der Waals surface area contributed by atoms with E-state index in [1.807, 2.05) is 55.1 Å². The lowest BCUT2D eigenvalue weighted by molar-refractivity contribution is 0.0729. The molecule has 2 aromatic carbocycles. The van der Waals surface area contributed by atoms with Gasteiger partial charge in [0.15, 0.2) is 5.69 Å². The lowest BCUT2D eigenvalue weighted by Gasteiger charge is -2.26. The minimum atomic E-state index is -0.166. The van der Waals surface area contributed by atoms with E-state index in [9.17, 15) is 9.59 Å². The van der Waals surface area contributed by atoms with Crippen LogP contribution >= 0.6 is 0 Å². The Morgan fingerprint density at radius 3 is 2.45 bits per heavy atom. The maximum absolute atomic E-state index is 13.6. The predicted octanol–water partition coefficient (Wildman–Crippen LogP) is 3.96. The second-order valence-corrected chi connectivity index (χ2v) is 7.67. The highest BCUT2D eigenvalue weighted by Crippen LogP contribution is 2.34. The van der Waals surface area contributed by atoms with Crippen molar-refractivity contribution in [1.29, 1.82) is 0 Å². The molecule has 1 atom stereocenters. The molecule has 0 radical (unpaired) electrons. The molecule has 0 saturated carbocycles. The van der Waals surface area contributed by atoms with Gasteiger partial charge in [0.2, 0.25) is 0 Å². The zero-order valence-corrected chi connectivity index (χ0v) is 17.0. The van der Waals surface area contributed by atoms with Crippen molar-refractivity contribution < 1.29 is 9.53 Å². The standard InChI is InChI=1S/C23H25N3O3/c1-15(2)26-22(27)19-8-5-4-7-18(19)21(24-26)23(28)25-14-6-9-20(25)16-10-12-17(29-3)13-11-16/h4-5,7-8,10-13,15,20H,6,9,14H2,1-3H3. The van der Waals surface area contributed by atoms with Gasteiger partial charge in [-0.05, 0) is 50.5 Å². The fourth-order valence-electron chi connectivity index (χ4n) is 4.03. The summed E-state index contributed by atoms with van der Waals surface area (Å²) < 4.78 is 6.66. The summed E-state index contributed by atoms with van der Waals surface area (Å²) in [4.78, 5) is 28.2. The monoisotopic (exact) mass is 391 g/mol. The van der Waals surface area contributed by atoms with E-state index < -0.39 is 0 Å². The van der Waals surface area contributed by atoms with Crippen LogP contribution in [0.4, 0.5) is 0 Å². The highest BCUT2D eigenvalue weighted by atomic mass is 16.5. The van der Waals surface area contributed by atoms with E-state index in [1.54, 1.807) is 19.2 Å². The van der Waals surface area contributed by atoms with Crippen LogP contribution in [0.25, 0.3) is 10.8 Å². The van der Waals surface area contributed by atoms with Gasteiger partial charge < -0.3 is 9.64 Å². The molecule has 1 fully saturated rings. The smallest absolute Gasteiger partial charge is 0.275 e. The van der Waals surface area contributed by atoms with Crippen LogP contribution in [0.1, 0.15) is 54.8 Å². The second kappa shape index (κ2) is 7.70. The van der Waals surface area contributed by atoms with E-state index in [2.05, 4.69) is 5.10 Å². The number of carbonyl (C=O) groups excluding carboxylic acids is 1. The molecular formula is C23H25N3O3. The summed E-state index contributed by atoms with van der Waals surface area (Å²) in [5, 5.41) is 5.63. The molecule has 1 saturated heterocycles. The Kier molecular flexibility index (Phi) is 5.09. The first-order valence-corrected chi connectivity index (χ1v) is 9.97. The van der Waals surface area contributed by atoms with Gasteiger partial charge in [-0.2, -0.15) is 5.10 Å². The van der Waals surface area contributed by atoms with E-state index in [0.717, 1.165) is 24.2 Å². The van der Waals surface area contributed by atoms with Gasteiger partial charge in [0.1, 0.15) is 5.75 Å². The summed E-state index contributed by atoms with van der Waals surface area (Å²) in [6.07, 6.45) is 1.84. The van der Waals surface area contributed by atoms with Crippen LogP contribution in [-0.2, 0) is 0 Å². The number of amides is 1. The van der Waals surface area contributed by atoms with Gasteiger partial charge in [0.25, 0.3) is 11.5 Å². The summed E-state index contributed by atoms with van der Waals surface area (Å²) in [6.45, 7) is 4.47. The predicted molar refractivity (Wildman–Crippen MR) is 112 cm³/mol. The number of fused-ring (bicyclic) bond motifs is 1. The first-order valence-electron chi connectivity index (χ1n) is 9.97. The molecule has 1 aliphatic heterocycles. The van der Waals surface area contributed by atoms with Crippen LogP contribution in [-0.4, -0.2) is 34.2 Å². The molecular weight excluding hydrogens is 366 g/mol. The molecule has 2 heterocycles. The van der Waals surface area contributed by atoms with Gasteiger partial charge >= 0.3 is 0 Å². The number of aromatic nitrogens is 2. The van der Waals surface area contributed by atoms with E-state index in [-0.39, 0.29) is 23.6 Å². The summed E-state index contributed by atoms with van der Waals surface area (Å²) in [7, 11) is 1.64. The van der Waals surface area contributed by atoms with Gasteiger partial charge in [0.05, 0.1) is 24.6 Å². The highest BCUT2D eigenvalue weighted by molar-refractivity contribution is 6.05. The molecule has 1 unspecified atom stereocenters. The van der Waals surface area contributed by atoms with E-state index in [1.165, 1.54) is 4.68 Å². The topological polar surface area (TPSA) is 64.4 Å². The fourth-order valence-corrected chi connectivity index (χ4v) is 4.03. The molecule has 6 heteroatoms. The third-order valence-corrected chi connectivity index (χ3v) is 5.53. The van der Waals surface area contributed by atoms with Crippen LogP contribution in [0, 0.1) is 0 Å². The van der Waals surface area contributed by atoms with E-state index in [0.29, 0.717) is 23.0 Å². The molecule has 29 heavy (non-hydrogen) atoms. The van der Waals surface area contributed by atoms with E-state index in [4.69, 9.17) is 4.74 Å². The van der Waals surface area contributed by atoms with Crippen molar-refractivity contribution in [2.24, 2.45) is 0 Å². The Morgan fingerprint density at radius 2 is 1.79 bits per heavy atom. The van der Waals surface area contributed by atoms with Gasteiger partial charge in [-0.1, -0.05) is 30.3 Å². The third-order valence-electron chi connectivity index (χ3n) is 5.53. The van der Waals surface area contributed by atoms with Crippen LogP contribution in [0.15, 0.2) is 53.3 Å². The number of hydrogen-bond donors (Lipinski definition) is 0. The first kappa shape index (κ1) is 19.2. The van der Waals surface area contributed by atoms with Gasteiger partial charge in [0, 0.05) is 11.9 Å². The van der Waals surface area contributed by atoms with Crippen LogP contribution in [0.3, 0.4) is 0 Å². The van der Waals surface area contributed by atoms with E-state index >= 15 is 0 Å². The van der Waals surface area contributed by atoms with Crippen LogP contribution in [0.2, 0.25) is 0 Å². The highest BCUT2D eigenvalue weighted by Gasteiger charge is 2.32. The fraction of sp³-hybridized carbons (Fsp3) is 0.348. The number of carbonyl (C=O) groups is 1.